The van der Waals surface area contributed by atoms with Crippen LogP contribution in [0.5, 0.6) is 0 Å². The molecule has 1 aliphatic heterocycles. The lowest BCUT2D eigenvalue weighted by Crippen LogP contribution is -2.38. The largest absolute Gasteiger partial charge is 0.394 e. The van der Waals surface area contributed by atoms with Crippen molar-refractivity contribution in [2.75, 3.05) is 6.61 Å². The van der Waals surface area contributed by atoms with E-state index in [0.29, 0.717) is 10.8 Å². The molecule has 18 heavy (non-hydrogen) atoms. The zero-order valence-electron chi connectivity index (χ0n) is 8.99. The number of ether oxygens (including phenoxy) is 1. The van der Waals surface area contributed by atoms with Gasteiger partial charge in [-0.05, 0) is 0 Å². The van der Waals surface area contributed by atoms with Gasteiger partial charge in [0.25, 0.3) is 5.56 Å². The SMILES string of the molecule is O=c1[nH]c(=O)n(C2O[C@H](CO)[C@H](O)[C@H]2O)cc1F. The fourth-order valence-electron chi connectivity index (χ4n) is 1.76. The zero-order valence-corrected chi connectivity index (χ0v) is 8.99. The molecule has 0 radical (unpaired) electrons. The van der Waals surface area contributed by atoms with Crippen LogP contribution in [-0.2, 0) is 4.74 Å². The molecule has 1 aliphatic rings. The maximum absolute atomic E-state index is 13.1. The number of hydrogen-bond donors (Lipinski definition) is 4. The van der Waals surface area contributed by atoms with Crippen molar-refractivity contribution in [1.29, 1.82) is 0 Å². The predicted molar refractivity (Wildman–Crippen MR) is 54.3 cm³/mol. The van der Waals surface area contributed by atoms with Crippen molar-refractivity contribution in [2.24, 2.45) is 0 Å². The van der Waals surface area contributed by atoms with Gasteiger partial charge in [0, 0.05) is 0 Å². The summed E-state index contributed by atoms with van der Waals surface area (Å²) >= 11 is 0. The summed E-state index contributed by atoms with van der Waals surface area (Å²) in [5, 5.41) is 28.0. The van der Waals surface area contributed by atoms with Crippen LogP contribution >= 0.6 is 0 Å². The number of aliphatic hydroxyl groups is 3. The molecule has 100 valence electrons. The van der Waals surface area contributed by atoms with Gasteiger partial charge in [0.15, 0.2) is 6.23 Å². The minimum atomic E-state index is -1.52. The van der Waals surface area contributed by atoms with Gasteiger partial charge in [0.2, 0.25) is 5.82 Å². The Morgan fingerprint density at radius 1 is 1.39 bits per heavy atom. The summed E-state index contributed by atoms with van der Waals surface area (Å²) in [4.78, 5) is 24.0. The van der Waals surface area contributed by atoms with Crippen LogP contribution in [0, 0.1) is 5.82 Å². The molecule has 1 aromatic heterocycles. The highest BCUT2D eigenvalue weighted by molar-refractivity contribution is 4.94. The summed E-state index contributed by atoms with van der Waals surface area (Å²) in [6.45, 7) is -0.574. The fraction of sp³-hybridized carbons (Fsp3) is 0.556. The normalized spacial score (nSPS) is 31.8. The van der Waals surface area contributed by atoms with E-state index in [2.05, 4.69) is 0 Å². The quantitative estimate of drug-likeness (QED) is 0.459. The second-order valence-electron chi connectivity index (χ2n) is 3.87. The second kappa shape index (κ2) is 4.61. The lowest BCUT2D eigenvalue weighted by molar-refractivity contribution is -0.0554. The first-order valence-corrected chi connectivity index (χ1v) is 5.09. The van der Waals surface area contributed by atoms with Crippen LogP contribution in [0.2, 0.25) is 0 Å². The standard InChI is InChI=1S/C9H11FN2O6/c10-3-1-12(9(17)11-7(3)16)8-6(15)5(14)4(2-13)18-8/h1,4-6,8,13-15H,2H2,(H,11,16,17)/t4-,5+,6-,8?/m1/s1. The van der Waals surface area contributed by atoms with Crippen molar-refractivity contribution >= 4 is 0 Å². The lowest BCUT2D eigenvalue weighted by atomic mass is 10.1. The lowest BCUT2D eigenvalue weighted by Gasteiger charge is -2.16. The Kier molecular flexibility index (Phi) is 3.30. The van der Waals surface area contributed by atoms with Gasteiger partial charge in [-0.15, -0.1) is 0 Å². The maximum atomic E-state index is 13.1. The van der Waals surface area contributed by atoms with Crippen LogP contribution in [-0.4, -0.2) is 49.8 Å². The summed E-state index contributed by atoms with van der Waals surface area (Å²) in [6.07, 6.45) is -4.84. The Morgan fingerprint density at radius 2 is 2.06 bits per heavy atom. The molecule has 0 saturated carbocycles. The summed E-state index contributed by atoms with van der Waals surface area (Å²) in [5.41, 5.74) is -2.18. The molecule has 1 fully saturated rings. The Labute approximate surface area is 98.9 Å². The minimum Gasteiger partial charge on any atom is -0.394 e. The van der Waals surface area contributed by atoms with Gasteiger partial charge in [-0.25, -0.2) is 4.79 Å². The van der Waals surface area contributed by atoms with Crippen LogP contribution in [0.4, 0.5) is 4.39 Å². The first-order valence-electron chi connectivity index (χ1n) is 5.09. The number of aromatic nitrogens is 2. The van der Waals surface area contributed by atoms with Crippen molar-refractivity contribution in [3.8, 4) is 0 Å². The molecule has 1 aromatic rings. The Morgan fingerprint density at radius 3 is 2.61 bits per heavy atom. The van der Waals surface area contributed by atoms with Gasteiger partial charge in [-0.3, -0.25) is 14.3 Å². The van der Waals surface area contributed by atoms with E-state index in [4.69, 9.17) is 9.84 Å². The smallest absolute Gasteiger partial charge is 0.330 e. The second-order valence-corrected chi connectivity index (χ2v) is 3.87. The highest BCUT2D eigenvalue weighted by Gasteiger charge is 2.43. The van der Waals surface area contributed by atoms with Gasteiger partial charge >= 0.3 is 5.69 Å². The van der Waals surface area contributed by atoms with Crippen molar-refractivity contribution in [3.63, 3.8) is 0 Å². The molecule has 1 saturated heterocycles. The fourth-order valence-corrected chi connectivity index (χ4v) is 1.76. The summed E-state index contributed by atoms with van der Waals surface area (Å²) in [5.74, 6) is -1.23. The van der Waals surface area contributed by atoms with Crippen LogP contribution in [0.15, 0.2) is 15.8 Å². The molecule has 0 bridgehead atoms. The molecule has 2 rings (SSSR count). The molecule has 8 nitrogen and oxygen atoms in total. The number of H-pyrrole nitrogens is 1. The van der Waals surface area contributed by atoms with Crippen molar-refractivity contribution in [1.82, 2.24) is 9.55 Å². The minimum absolute atomic E-state index is 0.571. The first kappa shape index (κ1) is 12.9. The number of halogens is 1. The highest BCUT2D eigenvalue weighted by atomic mass is 19.1. The molecule has 0 amide bonds. The first-order chi connectivity index (χ1) is 8.45. The van der Waals surface area contributed by atoms with Gasteiger partial charge < -0.3 is 20.1 Å². The van der Waals surface area contributed by atoms with Crippen LogP contribution in [0.25, 0.3) is 0 Å². The van der Waals surface area contributed by atoms with E-state index in [9.17, 15) is 24.2 Å². The molecule has 1 unspecified atom stereocenters. The molecule has 9 heteroatoms. The number of aliphatic hydroxyl groups excluding tert-OH is 3. The van der Waals surface area contributed by atoms with E-state index in [0.717, 1.165) is 0 Å². The van der Waals surface area contributed by atoms with Crippen LogP contribution < -0.4 is 11.2 Å². The molecule has 0 aliphatic carbocycles. The van der Waals surface area contributed by atoms with E-state index >= 15 is 0 Å². The van der Waals surface area contributed by atoms with Crippen molar-refractivity contribution in [3.05, 3.63) is 32.9 Å². The average molecular weight is 262 g/mol. The maximum Gasteiger partial charge on any atom is 0.330 e. The van der Waals surface area contributed by atoms with Crippen LogP contribution in [0.1, 0.15) is 6.23 Å². The highest BCUT2D eigenvalue weighted by Crippen LogP contribution is 2.27. The third kappa shape index (κ3) is 1.97. The van der Waals surface area contributed by atoms with E-state index in [-0.39, 0.29) is 0 Å². The zero-order chi connectivity index (χ0) is 13.4. The monoisotopic (exact) mass is 262 g/mol. The van der Waals surface area contributed by atoms with Crippen LogP contribution in [0.3, 0.4) is 0 Å². The molecule has 0 aromatic carbocycles. The number of hydrogen-bond acceptors (Lipinski definition) is 6. The summed E-state index contributed by atoms with van der Waals surface area (Å²) in [7, 11) is 0. The van der Waals surface area contributed by atoms with E-state index < -0.39 is 48.2 Å². The predicted octanol–water partition coefficient (Wildman–Crippen LogP) is -2.71. The van der Waals surface area contributed by atoms with E-state index in [1.165, 1.54) is 0 Å². The molecule has 4 N–H and O–H groups in total. The number of nitrogens with one attached hydrogen (secondary N) is 1. The summed E-state index contributed by atoms with van der Waals surface area (Å²) < 4.78 is 18.7. The van der Waals surface area contributed by atoms with Gasteiger partial charge in [-0.1, -0.05) is 0 Å². The Balaban J connectivity index is 2.42. The van der Waals surface area contributed by atoms with Gasteiger partial charge in [0.05, 0.1) is 12.8 Å². The third-order valence-electron chi connectivity index (χ3n) is 2.72. The van der Waals surface area contributed by atoms with E-state index in [1.807, 2.05) is 0 Å². The summed E-state index contributed by atoms with van der Waals surface area (Å²) in [6, 6.07) is 0. The molecule has 2 heterocycles. The van der Waals surface area contributed by atoms with E-state index in [1.54, 1.807) is 4.98 Å². The third-order valence-corrected chi connectivity index (χ3v) is 2.72. The van der Waals surface area contributed by atoms with Gasteiger partial charge in [0.1, 0.15) is 18.3 Å². The molecular weight excluding hydrogens is 251 g/mol. The Bertz CT molecular complexity index is 555. The van der Waals surface area contributed by atoms with Crippen molar-refractivity contribution in [2.45, 2.75) is 24.5 Å². The van der Waals surface area contributed by atoms with Crippen molar-refractivity contribution < 1.29 is 24.4 Å². The van der Waals surface area contributed by atoms with Gasteiger partial charge in [-0.2, -0.15) is 4.39 Å². The molecule has 0 spiro atoms. The number of aromatic amines is 1. The number of nitrogens with zero attached hydrogens (tertiary/aromatic N) is 1. The topological polar surface area (TPSA) is 125 Å². The number of rotatable bonds is 2. The molecular formula is C9H11FN2O6. The molecule has 4 atom stereocenters. The average Bonchev–Trinajstić information content (AvgIpc) is 2.61. The Hall–Kier alpha value is -1.55.